The fourth-order valence-electron chi connectivity index (χ4n) is 3.72. The summed E-state index contributed by atoms with van der Waals surface area (Å²) in [6.45, 7) is 22.8. The summed E-state index contributed by atoms with van der Waals surface area (Å²) in [5.41, 5.74) is 11.0. The first-order valence-electron chi connectivity index (χ1n) is 14.0. The van der Waals surface area contributed by atoms with Gasteiger partial charge in [-0.25, -0.2) is 0 Å². The molecule has 0 bridgehead atoms. The SMILES string of the molecule is CC(C)(C)OC1CC(N)C1.CC(C)(C)OC1CCC(O)CC1.CC(C)C(N)C(=O)OCCOC(C)(C)C. The van der Waals surface area contributed by atoms with Crippen LogP contribution in [0.1, 0.15) is 115 Å². The summed E-state index contributed by atoms with van der Waals surface area (Å²) < 4.78 is 21.9. The van der Waals surface area contributed by atoms with E-state index in [0.717, 1.165) is 38.5 Å². The molecular weight excluding hydrogens is 472 g/mol. The molecular formula is C29H60N2O6. The van der Waals surface area contributed by atoms with Crippen molar-refractivity contribution in [3.63, 3.8) is 0 Å². The lowest BCUT2D eigenvalue weighted by molar-refractivity contribution is -0.149. The molecule has 0 aromatic carbocycles. The van der Waals surface area contributed by atoms with Gasteiger partial charge in [-0.15, -0.1) is 0 Å². The number of nitrogens with two attached hydrogens (primary N) is 2. The second-order valence-corrected chi connectivity index (χ2v) is 13.6. The van der Waals surface area contributed by atoms with Crippen molar-refractivity contribution < 1.29 is 28.8 Å². The minimum absolute atomic E-state index is 0.00477. The molecule has 0 aromatic heterocycles. The summed E-state index contributed by atoms with van der Waals surface area (Å²) in [5, 5.41) is 9.27. The van der Waals surface area contributed by atoms with Crippen molar-refractivity contribution >= 4 is 5.97 Å². The van der Waals surface area contributed by atoms with E-state index in [1.54, 1.807) is 0 Å². The van der Waals surface area contributed by atoms with Gasteiger partial charge < -0.3 is 35.5 Å². The Labute approximate surface area is 227 Å². The number of aliphatic hydroxyl groups is 1. The second kappa shape index (κ2) is 16.4. The van der Waals surface area contributed by atoms with Gasteiger partial charge in [-0.3, -0.25) is 4.79 Å². The maximum atomic E-state index is 11.3. The molecule has 5 N–H and O–H groups in total. The molecule has 0 aliphatic heterocycles. The van der Waals surface area contributed by atoms with E-state index in [1.807, 2.05) is 34.6 Å². The largest absolute Gasteiger partial charge is 0.462 e. The Morgan fingerprint density at radius 2 is 1.27 bits per heavy atom. The molecule has 0 spiro atoms. The van der Waals surface area contributed by atoms with Crippen molar-refractivity contribution in [2.24, 2.45) is 17.4 Å². The highest BCUT2D eigenvalue weighted by Crippen LogP contribution is 2.26. The van der Waals surface area contributed by atoms with Crippen LogP contribution in [-0.2, 0) is 23.7 Å². The summed E-state index contributed by atoms with van der Waals surface area (Å²) >= 11 is 0. The summed E-state index contributed by atoms with van der Waals surface area (Å²) in [6, 6.07) is -0.146. The average molecular weight is 533 g/mol. The lowest BCUT2D eigenvalue weighted by Crippen LogP contribution is -2.44. The van der Waals surface area contributed by atoms with Crippen molar-refractivity contribution in [3.05, 3.63) is 0 Å². The Kier molecular flexibility index (Phi) is 16.0. The van der Waals surface area contributed by atoms with Crippen molar-refractivity contribution in [1.82, 2.24) is 0 Å². The molecule has 2 fully saturated rings. The number of carbonyl (C=O) groups is 1. The molecule has 0 saturated heterocycles. The molecule has 0 heterocycles. The van der Waals surface area contributed by atoms with E-state index in [4.69, 9.17) is 30.4 Å². The second-order valence-electron chi connectivity index (χ2n) is 13.6. The van der Waals surface area contributed by atoms with Crippen LogP contribution in [0, 0.1) is 5.92 Å². The van der Waals surface area contributed by atoms with Crippen LogP contribution in [0.3, 0.4) is 0 Å². The van der Waals surface area contributed by atoms with Crippen LogP contribution < -0.4 is 11.5 Å². The Bertz CT molecular complexity index is 607. The van der Waals surface area contributed by atoms with Gasteiger partial charge in [-0.05, 0) is 107 Å². The Morgan fingerprint density at radius 3 is 1.65 bits per heavy atom. The van der Waals surface area contributed by atoms with Crippen molar-refractivity contribution in [1.29, 1.82) is 0 Å². The predicted octanol–water partition coefficient (Wildman–Crippen LogP) is 4.72. The molecule has 2 rings (SSSR count). The molecule has 37 heavy (non-hydrogen) atoms. The Morgan fingerprint density at radius 1 is 0.811 bits per heavy atom. The van der Waals surface area contributed by atoms with Crippen molar-refractivity contribution in [2.75, 3.05) is 13.2 Å². The van der Waals surface area contributed by atoms with Gasteiger partial charge in [0.2, 0.25) is 0 Å². The maximum Gasteiger partial charge on any atom is 0.323 e. The lowest BCUT2D eigenvalue weighted by Gasteiger charge is -2.37. The van der Waals surface area contributed by atoms with Crippen LogP contribution in [0.5, 0.6) is 0 Å². The number of hydrogen-bond acceptors (Lipinski definition) is 8. The third-order valence-electron chi connectivity index (χ3n) is 5.67. The van der Waals surface area contributed by atoms with Gasteiger partial charge >= 0.3 is 5.97 Å². The zero-order valence-corrected chi connectivity index (χ0v) is 25.8. The lowest BCUT2D eigenvalue weighted by atomic mass is 9.89. The third-order valence-corrected chi connectivity index (χ3v) is 5.67. The average Bonchev–Trinajstić information content (AvgIpc) is 2.69. The first kappa shape index (κ1) is 36.2. The quantitative estimate of drug-likeness (QED) is 0.317. The van der Waals surface area contributed by atoms with E-state index in [1.165, 1.54) is 0 Å². The van der Waals surface area contributed by atoms with E-state index in [0.29, 0.717) is 24.9 Å². The van der Waals surface area contributed by atoms with Crippen LogP contribution in [0.4, 0.5) is 0 Å². The Hall–Kier alpha value is -0.770. The molecule has 1 unspecified atom stereocenters. The monoisotopic (exact) mass is 532 g/mol. The van der Waals surface area contributed by atoms with Gasteiger partial charge in [0.1, 0.15) is 12.6 Å². The molecule has 0 aromatic rings. The van der Waals surface area contributed by atoms with E-state index < -0.39 is 6.04 Å². The summed E-state index contributed by atoms with van der Waals surface area (Å²) in [6.07, 6.45) is 6.63. The molecule has 8 nitrogen and oxygen atoms in total. The van der Waals surface area contributed by atoms with Crippen LogP contribution in [0.25, 0.3) is 0 Å². The zero-order valence-electron chi connectivity index (χ0n) is 25.8. The smallest absolute Gasteiger partial charge is 0.323 e. The van der Waals surface area contributed by atoms with Crippen LogP contribution in [0.15, 0.2) is 0 Å². The minimum atomic E-state index is -0.542. The fourth-order valence-corrected chi connectivity index (χ4v) is 3.72. The van der Waals surface area contributed by atoms with Gasteiger partial charge in [-0.1, -0.05) is 13.8 Å². The van der Waals surface area contributed by atoms with Crippen molar-refractivity contribution in [2.45, 2.75) is 162 Å². The molecule has 222 valence electrons. The van der Waals surface area contributed by atoms with E-state index in [-0.39, 0.29) is 41.4 Å². The molecule has 1 atom stereocenters. The number of hydrogen-bond donors (Lipinski definition) is 3. The van der Waals surface area contributed by atoms with E-state index in [9.17, 15) is 9.90 Å². The molecule has 2 aliphatic rings. The topological polar surface area (TPSA) is 126 Å². The van der Waals surface area contributed by atoms with Gasteiger partial charge in [-0.2, -0.15) is 0 Å². The number of carbonyl (C=O) groups excluding carboxylic acids is 1. The number of rotatable bonds is 7. The summed E-state index contributed by atoms with van der Waals surface area (Å²) in [5.74, 6) is -0.261. The van der Waals surface area contributed by atoms with Crippen LogP contribution in [0.2, 0.25) is 0 Å². The summed E-state index contributed by atoms with van der Waals surface area (Å²) in [4.78, 5) is 11.3. The Balaban J connectivity index is 0.000000535. The zero-order chi connectivity index (χ0) is 29.0. The first-order chi connectivity index (χ1) is 16.7. The van der Waals surface area contributed by atoms with Crippen LogP contribution >= 0.6 is 0 Å². The molecule has 2 aliphatic carbocycles. The molecule has 0 radical (unpaired) electrons. The molecule has 8 heteroatoms. The standard InChI is InChI=1S/C11H23NO3.C10H20O2.C8H17NO/c1-8(2)9(12)10(13)14-6-7-15-11(3,4)5;1-10(2,3)12-9-6-4-8(11)5-7-9;1-8(2,3)10-7-4-6(9)5-7/h8-9H,6-7,12H2,1-5H3;8-9,11H,4-7H2,1-3H3;6-7H,4-5,9H2,1-3H3. The van der Waals surface area contributed by atoms with Crippen LogP contribution in [-0.4, -0.2) is 71.5 Å². The predicted molar refractivity (Wildman–Crippen MR) is 150 cm³/mol. The minimum Gasteiger partial charge on any atom is -0.462 e. The third kappa shape index (κ3) is 20.8. The van der Waals surface area contributed by atoms with Gasteiger partial charge in [0.25, 0.3) is 0 Å². The number of ether oxygens (including phenoxy) is 4. The number of esters is 1. The normalized spacial score (nSPS) is 25.2. The van der Waals surface area contributed by atoms with Crippen molar-refractivity contribution in [3.8, 4) is 0 Å². The fraction of sp³-hybridized carbons (Fsp3) is 0.966. The first-order valence-corrected chi connectivity index (χ1v) is 14.0. The summed E-state index contributed by atoms with van der Waals surface area (Å²) in [7, 11) is 0. The number of aliphatic hydroxyl groups excluding tert-OH is 1. The molecule has 0 amide bonds. The maximum absolute atomic E-state index is 11.3. The highest BCUT2D eigenvalue weighted by Gasteiger charge is 2.30. The highest BCUT2D eigenvalue weighted by atomic mass is 16.6. The molecule has 2 saturated carbocycles. The van der Waals surface area contributed by atoms with Gasteiger partial charge in [0.05, 0.1) is 41.7 Å². The highest BCUT2D eigenvalue weighted by molar-refractivity contribution is 5.75. The van der Waals surface area contributed by atoms with Gasteiger partial charge in [0, 0.05) is 6.04 Å². The van der Waals surface area contributed by atoms with Gasteiger partial charge in [0.15, 0.2) is 0 Å². The van der Waals surface area contributed by atoms with E-state index >= 15 is 0 Å². The van der Waals surface area contributed by atoms with E-state index in [2.05, 4.69) is 41.5 Å².